The van der Waals surface area contributed by atoms with E-state index in [1.54, 1.807) is 12.1 Å². The average molecular weight is 315 g/mol. The summed E-state index contributed by atoms with van der Waals surface area (Å²) in [4.78, 5) is 18.5. The van der Waals surface area contributed by atoms with Gasteiger partial charge in [0.05, 0.1) is 0 Å². The molecule has 1 aliphatic rings. The molecule has 7 heteroatoms. The number of piperazine rings is 1. The summed E-state index contributed by atoms with van der Waals surface area (Å²) in [5.74, 6) is 0.470. The third kappa shape index (κ3) is 4.37. The zero-order valence-electron chi connectivity index (χ0n) is 13.0. The van der Waals surface area contributed by atoms with Gasteiger partial charge in [-0.2, -0.15) is 4.98 Å². The number of nitrogens with zero attached hydrogens (tertiary/aromatic N) is 3. The first-order valence-corrected chi connectivity index (χ1v) is 7.91. The van der Waals surface area contributed by atoms with Crippen molar-refractivity contribution in [2.75, 3.05) is 39.3 Å². The van der Waals surface area contributed by atoms with E-state index < -0.39 is 0 Å². The number of rotatable bonds is 6. The Labute approximate surface area is 135 Å². The minimum absolute atomic E-state index is 0.0510. The maximum Gasteiger partial charge on any atom is 0.251 e. The largest absolute Gasteiger partial charge is 0.352 e. The standard InChI is InChI=1S/C16H21N5O2/c22-16(18-6-1-9-21-10-7-17-8-11-21)14-4-2-13(3-5-14)15-19-12-23-20-15/h2-5,12,17H,1,6-11H2,(H,18,22). The predicted octanol–water partition coefficient (Wildman–Crippen LogP) is 0.762. The fourth-order valence-corrected chi connectivity index (χ4v) is 2.61. The first-order valence-electron chi connectivity index (χ1n) is 7.91. The van der Waals surface area contributed by atoms with Gasteiger partial charge in [-0.05, 0) is 25.1 Å². The highest BCUT2D eigenvalue weighted by molar-refractivity contribution is 5.94. The third-order valence-corrected chi connectivity index (χ3v) is 3.91. The fourth-order valence-electron chi connectivity index (χ4n) is 2.61. The van der Waals surface area contributed by atoms with Crippen molar-refractivity contribution in [3.05, 3.63) is 36.2 Å². The number of nitrogens with one attached hydrogen (secondary N) is 2. The summed E-state index contributed by atoms with van der Waals surface area (Å²) < 4.78 is 4.71. The lowest BCUT2D eigenvalue weighted by Crippen LogP contribution is -2.44. The van der Waals surface area contributed by atoms with Crippen LogP contribution in [-0.2, 0) is 0 Å². The molecule has 0 spiro atoms. The number of hydrogen-bond donors (Lipinski definition) is 2. The summed E-state index contributed by atoms with van der Waals surface area (Å²) in [6.07, 6.45) is 2.25. The minimum atomic E-state index is -0.0510. The molecule has 7 nitrogen and oxygen atoms in total. The van der Waals surface area contributed by atoms with Gasteiger partial charge in [0.15, 0.2) is 0 Å². The topological polar surface area (TPSA) is 83.3 Å². The third-order valence-electron chi connectivity index (χ3n) is 3.91. The molecule has 1 fully saturated rings. The van der Waals surface area contributed by atoms with Crippen LogP contribution in [0.4, 0.5) is 0 Å². The van der Waals surface area contributed by atoms with E-state index >= 15 is 0 Å². The van der Waals surface area contributed by atoms with Crippen LogP contribution in [0, 0.1) is 0 Å². The lowest BCUT2D eigenvalue weighted by Gasteiger charge is -2.27. The smallest absolute Gasteiger partial charge is 0.251 e. The van der Waals surface area contributed by atoms with Crippen molar-refractivity contribution in [2.45, 2.75) is 6.42 Å². The van der Waals surface area contributed by atoms with E-state index in [4.69, 9.17) is 4.52 Å². The summed E-state index contributed by atoms with van der Waals surface area (Å²) in [6.45, 7) is 6.00. The predicted molar refractivity (Wildman–Crippen MR) is 86.0 cm³/mol. The van der Waals surface area contributed by atoms with Gasteiger partial charge < -0.3 is 20.1 Å². The summed E-state index contributed by atoms with van der Waals surface area (Å²) in [6, 6.07) is 7.19. The zero-order chi connectivity index (χ0) is 15.9. The van der Waals surface area contributed by atoms with Gasteiger partial charge >= 0.3 is 0 Å². The van der Waals surface area contributed by atoms with Gasteiger partial charge in [-0.15, -0.1) is 0 Å². The van der Waals surface area contributed by atoms with Gasteiger partial charge in [0.1, 0.15) is 0 Å². The molecular formula is C16H21N5O2. The Kier molecular flexibility index (Phi) is 5.33. The van der Waals surface area contributed by atoms with Crippen molar-refractivity contribution >= 4 is 5.91 Å². The number of benzene rings is 1. The molecule has 0 unspecified atom stereocenters. The molecule has 122 valence electrons. The van der Waals surface area contributed by atoms with Gasteiger partial charge in [0.2, 0.25) is 12.2 Å². The second-order valence-corrected chi connectivity index (χ2v) is 5.53. The molecule has 1 amide bonds. The highest BCUT2D eigenvalue weighted by Gasteiger charge is 2.10. The van der Waals surface area contributed by atoms with Gasteiger partial charge in [-0.1, -0.05) is 17.3 Å². The van der Waals surface area contributed by atoms with E-state index in [1.807, 2.05) is 12.1 Å². The first-order chi connectivity index (χ1) is 11.3. The summed E-state index contributed by atoms with van der Waals surface area (Å²) >= 11 is 0. The van der Waals surface area contributed by atoms with Crippen molar-refractivity contribution in [3.8, 4) is 11.4 Å². The van der Waals surface area contributed by atoms with Crippen LogP contribution in [0.5, 0.6) is 0 Å². The number of amides is 1. The lowest BCUT2D eigenvalue weighted by atomic mass is 10.1. The molecule has 2 aromatic rings. The molecule has 1 aromatic carbocycles. The molecule has 0 radical (unpaired) electrons. The number of aromatic nitrogens is 2. The van der Waals surface area contributed by atoms with Crippen LogP contribution in [0.3, 0.4) is 0 Å². The molecule has 1 aromatic heterocycles. The van der Waals surface area contributed by atoms with Crippen LogP contribution in [0.15, 0.2) is 35.2 Å². The quantitative estimate of drug-likeness (QED) is 0.766. The Morgan fingerprint density at radius 1 is 1.26 bits per heavy atom. The average Bonchev–Trinajstić information content (AvgIpc) is 3.14. The summed E-state index contributed by atoms with van der Waals surface area (Å²) in [5, 5.41) is 10.1. The molecule has 0 aliphatic carbocycles. The van der Waals surface area contributed by atoms with Crippen LogP contribution >= 0.6 is 0 Å². The fraction of sp³-hybridized carbons (Fsp3) is 0.438. The van der Waals surface area contributed by atoms with Crippen LogP contribution in [-0.4, -0.2) is 60.2 Å². The van der Waals surface area contributed by atoms with E-state index in [2.05, 4.69) is 25.7 Å². The molecule has 1 saturated heterocycles. The molecule has 2 heterocycles. The second-order valence-electron chi connectivity index (χ2n) is 5.53. The Morgan fingerprint density at radius 2 is 2.04 bits per heavy atom. The van der Waals surface area contributed by atoms with Crippen molar-refractivity contribution in [1.29, 1.82) is 0 Å². The molecule has 0 atom stereocenters. The van der Waals surface area contributed by atoms with Crippen molar-refractivity contribution in [2.24, 2.45) is 0 Å². The van der Waals surface area contributed by atoms with Crippen LogP contribution in [0.25, 0.3) is 11.4 Å². The molecule has 23 heavy (non-hydrogen) atoms. The molecule has 0 bridgehead atoms. The molecule has 1 aliphatic heterocycles. The Morgan fingerprint density at radius 3 is 2.74 bits per heavy atom. The second kappa shape index (κ2) is 7.85. The zero-order valence-corrected chi connectivity index (χ0v) is 13.0. The maximum atomic E-state index is 12.1. The highest BCUT2D eigenvalue weighted by Crippen LogP contribution is 2.14. The first kappa shape index (κ1) is 15.6. The van der Waals surface area contributed by atoms with Crippen molar-refractivity contribution < 1.29 is 9.32 Å². The van der Waals surface area contributed by atoms with E-state index in [0.717, 1.165) is 44.7 Å². The normalized spacial score (nSPS) is 15.5. The van der Waals surface area contributed by atoms with Gasteiger partial charge in [-0.25, -0.2) is 0 Å². The molecular weight excluding hydrogens is 294 g/mol. The number of hydrogen-bond acceptors (Lipinski definition) is 6. The molecule has 3 rings (SSSR count). The lowest BCUT2D eigenvalue weighted by molar-refractivity contribution is 0.0951. The Balaban J connectivity index is 1.43. The number of carbonyl (C=O) groups is 1. The molecule has 2 N–H and O–H groups in total. The maximum absolute atomic E-state index is 12.1. The summed E-state index contributed by atoms with van der Waals surface area (Å²) in [7, 11) is 0. The van der Waals surface area contributed by atoms with E-state index in [0.29, 0.717) is 17.9 Å². The van der Waals surface area contributed by atoms with Crippen LogP contribution in [0.2, 0.25) is 0 Å². The van der Waals surface area contributed by atoms with Gasteiger partial charge in [0.25, 0.3) is 5.91 Å². The SMILES string of the molecule is O=C(NCCCN1CCNCC1)c1ccc(-c2ncon2)cc1. The van der Waals surface area contributed by atoms with E-state index in [9.17, 15) is 4.79 Å². The summed E-state index contributed by atoms with van der Waals surface area (Å²) in [5.41, 5.74) is 1.47. The Bertz CT molecular complexity index is 606. The van der Waals surface area contributed by atoms with Gasteiger partial charge in [-0.3, -0.25) is 4.79 Å². The van der Waals surface area contributed by atoms with Crippen molar-refractivity contribution in [3.63, 3.8) is 0 Å². The number of carbonyl (C=O) groups excluding carboxylic acids is 1. The minimum Gasteiger partial charge on any atom is -0.352 e. The van der Waals surface area contributed by atoms with E-state index in [-0.39, 0.29) is 5.91 Å². The van der Waals surface area contributed by atoms with E-state index in [1.165, 1.54) is 6.39 Å². The highest BCUT2D eigenvalue weighted by atomic mass is 16.5. The Hall–Kier alpha value is -2.25. The van der Waals surface area contributed by atoms with Gasteiger partial charge in [0, 0.05) is 43.9 Å². The van der Waals surface area contributed by atoms with Crippen LogP contribution < -0.4 is 10.6 Å². The molecule has 0 saturated carbocycles. The van der Waals surface area contributed by atoms with Crippen LogP contribution in [0.1, 0.15) is 16.8 Å². The van der Waals surface area contributed by atoms with Crippen molar-refractivity contribution in [1.82, 2.24) is 25.7 Å². The monoisotopic (exact) mass is 315 g/mol.